The highest BCUT2D eigenvalue weighted by molar-refractivity contribution is 5.56. The Labute approximate surface area is 107 Å². The Balaban J connectivity index is 2.86. The number of benzene rings is 1. The van der Waals surface area contributed by atoms with E-state index in [1.165, 1.54) is 6.07 Å². The zero-order valence-electron chi connectivity index (χ0n) is 11.3. The molecule has 0 aliphatic rings. The molecule has 0 radical (unpaired) electrons. The zero-order valence-corrected chi connectivity index (χ0v) is 11.3. The Bertz CT molecular complexity index is 419. The molecule has 1 unspecified atom stereocenters. The van der Waals surface area contributed by atoms with E-state index in [2.05, 4.69) is 19.2 Å². The van der Waals surface area contributed by atoms with Crippen LogP contribution in [0.15, 0.2) is 18.2 Å². The predicted molar refractivity (Wildman–Crippen MR) is 72.0 cm³/mol. The minimum absolute atomic E-state index is 0.117. The van der Waals surface area contributed by atoms with Crippen LogP contribution in [-0.4, -0.2) is 24.7 Å². The summed E-state index contributed by atoms with van der Waals surface area (Å²) in [6.45, 7) is 6.68. The molecule has 0 saturated carbocycles. The van der Waals surface area contributed by atoms with Gasteiger partial charge in [-0.15, -0.1) is 0 Å². The van der Waals surface area contributed by atoms with E-state index in [4.69, 9.17) is 4.74 Å². The summed E-state index contributed by atoms with van der Waals surface area (Å²) in [5, 5.41) is 14.0. The van der Waals surface area contributed by atoms with E-state index < -0.39 is 0 Å². The SMILES string of the molecule is COCC(Nc1ccc([N+](=O)[O-])cc1C)C(C)C. The number of hydrogen-bond donors (Lipinski definition) is 1. The standard InChI is InChI=1S/C13H20N2O3/c1-9(2)13(8-18-4)14-12-6-5-11(15(16)17)7-10(12)3/h5-7,9,13-14H,8H2,1-4H3. The van der Waals surface area contributed by atoms with Gasteiger partial charge in [-0.1, -0.05) is 13.8 Å². The van der Waals surface area contributed by atoms with Crippen molar-refractivity contribution in [2.24, 2.45) is 5.92 Å². The predicted octanol–water partition coefficient (Wildman–Crippen LogP) is 2.99. The molecule has 0 fully saturated rings. The highest BCUT2D eigenvalue weighted by Crippen LogP contribution is 2.23. The molecule has 0 saturated heterocycles. The Morgan fingerprint density at radius 2 is 2.11 bits per heavy atom. The summed E-state index contributed by atoms with van der Waals surface area (Å²) >= 11 is 0. The molecule has 5 heteroatoms. The van der Waals surface area contributed by atoms with E-state index >= 15 is 0 Å². The lowest BCUT2D eigenvalue weighted by Gasteiger charge is -2.23. The molecule has 1 aromatic rings. The fourth-order valence-electron chi connectivity index (χ4n) is 1.70. The highest BCUT2D eigenvalue weighted by atomic mass is 16.6. The smallest absolute Gasteiger partial charge is 0.269 e. The van der Waals surface area contributed by atoms with Crippen LogP contribution in [0.3, 0.4) is 0 Å². The number of nitro benzene ring substituents is 1. The lowest BCUT2D eigenvalue weighted by atomic mass is 10.0. The third kappa shape index (κ3) is 3.70. The number of non-ortho nitro benzene ring substituents is 1. The molecule has 0 aliphatic heterocycles. The van der Waals surface area contributed by atoms with E-state index in [1.54, 1.807) is 19.2 Å². The summed E-state index contributed by atoms with van der Waals surface area (Å²) in [5.41, 5.74) is 1.90. The summed E-state index contributed by atoms with van der Waals surface area (Å²) in [6, 6.07) is 5.03. The molecular formula is C13H20N2O3. The molecule has 0 amide bonds. The number of hydrogen-bond acceptors (Lipinski definition) is 4. The van der Waals surface area contributed by atoms with Crippen molar-refractivity contribution in [3.63, 3.8) is 0 Å². The Morgan fingerprint density at radius 3 is 2.56 bits per heavy atom. The molecule has 0 heterocycles. The maximum absolute atomic E-state index is 10.7. The summed E-state index contributed by atoms with van der Waals surface area (Å²) in [6.07, 6.45) is 0. The van der Waals surface area contributed by atoms with Gasteiger partial charge in [0.2, 0.25) is 0 Å². The first-order valence-corrected chi connectivity index (χ1v) is 5.96. The van der Waals surface area contributed by atoms with Crippen LogP contribution in [0.4, 0.5) is 11.4 Å². The average Bonchev–Trinajstić information content (AvgIpc) is 2.30. The number of anilines is 1. The fourth-order valence-corrected chi connectivity index (χ4v) is 1.70. The third-order valence-corrected chi connectivity index (χ3v) is 2.91. The molecule has 1 N–H and O–H groups in total. The summed E-state index contributed by atoms with van der Waals surface area (Å²) in [4.78, 5) is 10.3. The quantitative estimate of drug-likeness (QED) is 0.624. The van der Waals surface area contributed by atoms with Gasteiger partial charge in [0.25, 0.3) is 5.69 Å². The average molecular weight is 252 g/mol. The minimum atomic E-state index is -0.383. The second kappa shape index (κ2) is 6.35. The monoisotopic (exact) mass is 252 g/mol. The molecular weight excluding hydrogens is 232 g/mol. The minimum Gasteiger partial charge on any atom is -0.383 e. The van der Waals surface area contributed by atoms with Crippen molar-refractivity contribution in [3.05, 3.63) is 33.9 Å². The van der Waals surface area contributed by atoms with E-state index in [0.29, 0.717) is 12.5 Å². The van der Waals surface area contributed by atoms with Crippen molar-refractivity contribution < 1.29 is 9.66 Å². The molecule has 1 atom stereocenters. The summed E-state index contributed by atoms with van der Waals surface area (Å²) in [7, 11) is 1.67. The number of nitro groups is 1. The normalized spacial score (nSPS) is 12.5. The fraction of sp³-hybridized carbons (Fsp3) is 0.538. The summed E-state index contributed by atoms with van der Waals surface area (Å²) < 4.78 is 5.17. The van der Waals surface area contributed by atoms with E-state index in [0.717, 1.165) is 11.3 Å². The van der Waals surface area contributed by atoms with Crippen LogP contribution >= 0.6 is 0 Å². The van der Waals surface area contributed by atoms with Crippen LogP contribution in [0.25, 0.3) is 0 Å². The number of methoxy groups -OCH3 is 1. The molecule has 0 spiro atoms. The van der Waals surface area contributed by atoms with Crippen LogP contribution in [0, 0.1) is 23.0 Å². The zero-order chi connectivity index (χ0) is 13.7. The number of nitrogens with zero attached hydrogens (tertiary/aromatic N) is 1. The topological polar surface area (TPSA) is 64.4 Å². The molecule has 1 aromatic carbocycles. The number of nitrogens with one attached hydrogen (secondary N) is 1. The van der Waals surface area contributed by atoms with E-state index in [-0.39, 0.29) is 16.7 Å². The van der Waals surface area contributed by atoms with Gasteiger partial charge in [-0.05, 0) is 24.5 Å². The highest BCUT2D eigenvalue weighted by Gasteiger charge is 2.15. The van der Waals surface area contributed by atoms with Gasteiger partial charge >= 0.3 is 0 Å². The van der Waals surface area contributed by atoms with Crippen molar-refractivity contribution in [3.8, 4) is 0 Å². The Morgan fingerprint density at radius 1 is 1.44 bits per heavy atom. The van der Waals surface area contributed by atoms with Crippen LogP contribution in [0.2, 0.25) is 0 Å². The first kappa shape index (κ1) is 14.4. The maximum atomic E-state index is 10.7. The second-order valence-corrected chi connectivity index (χ2v) is 4.71. The molecule has 0 bridgehead atoms. The molecule has 0 aliphatic carbocycles. The molecule has 1 rings (SSSR count). The van der Waals surface area contributed by atoms with Crippen molar-refractivity contribution in [2.45, 2.75) is 26.8 Å². The lowest BCUT2D eigenvalue weighted by Crippen LogP contribution is -2.30. The van der Waals surface area contributed by atoms with Crippen molar-refractivity contribution >= 4 is 11.4 Å². The van der Waals surface area contributed by atoms with E-state index in [1.807, 2.05) is 6.92 Å². The van der Waals surface area contributed by atoms with Crippen LogP contribution in [0.1, 0.15) is 19.4 Å². The van der Waals surface area contributed by atoms with Crippen LogP contribution in [0.5, 0.6) is 0 Å². The summed E-state index contributed by atoms with van der Waals surface area (Å²) in [5.74, 6) is 0.416. The maximum Gasteiger partial charge on any atom is 0.269 e. The number of ether oxygens (including phenoxy) is 1. The van der Waals surface area contributed by atoms with E-state index in [9.17, 15) is 10.1 Å². The van der Waals surface area contributed by atoms with Gasteiger partial charge in [-0.2, -0.15) is 0 Å². The molecule has 0 aromatic heterocycles. The van der Waals surface area contributed by atoms with Crippen LogP contribution in [-0.2, 0) is 4.74 Å². The molecule has 5 nitrogen and oxygen atoms in total. The Hall–Kier alpha value is -1.62. The van der Waals surface area contributed by atoms with Crippen LogP contribution < -0.4 is 5.32 Å². The van der Waals surface area contributed by atoms with Crippen molar-refractivity contribution in [1.29, 1.82) is 0 Å². The first-order valence-electron chi connectivity index (χ1n) is 5.96. The number of rotatable bonds is 6. The third-order valence-electron chi connectivity index (χ3n) is 2.91. The van der Waals surface area contributed by atoms with Gasteiger partial charge in [0.15, 0.2) is 0 Å². The van der Waals surface area contributed by atoms with Gasteiger partial charge < -0.3 is 10.1 Å². The number of aryl methyl sites for hydroxylation is 1. The largest absolute Gasteiger partial charge is 0.383 e. The van der Waals surface area contributed by atoms with Gasteiger partial charge in [0.1, 0.15) is 0 Å². The molecule has 100 valence electrons. The molecule has 18 heavy (non-hydrogen) atoms. The van der Waals surface area contributed by atoms with Gasteiger partial charge in [-0.25, -0.2) is 0 Å². The Kier molecular flexibility index (Phi) is 5.09. The van der Waals surface area contributed by atoms with Gasteiger partial charge in [0, 0.05) is 24.9 Å². The lowest BCUT2D eigenvalue weighted by molar-refractivity contribution is -0.384. The first-order chi connectivity index (χ1) is 8.45. The van der Waals surface area contributed by atoms with Crippen molar-refractivity contribution in [1.82, 2.24) is 0 Å². The van der Waals surface area contributed by atoms with Gasteiger partial charge in [0.05, 0.1) is 17.6 Å². The van der Waals surface area contributed by atoms with Gasteiger partial charge in [-0.3, -0.25) is 10.1 Å². The van der Waals surface area contributed by atoms with Crippen molar-refractivity contribution in [2.75, 3.05) is 19.0 Å². The second-order valence-electron chi connectivity index (χ2n) is 4.71.